The minimum Gasteiger partial charge on any atom is -0.455 e. The Morgan fingerprint density at radius 2 is 1.76 bits per heavy atom. The number of furan rings is 1. The van der Waals surface area contributed by atoms with Crippen LogP contribution in [0.4, 0.5) is 10.1 Å². The second-order valence-corrected chi connectivity index (χ2v) is 14.4. The van der Waals surface area contributed by atoms with Crippen LogP contribution >= 0.6 is 0 Å². The lowest BCUT2D eigenvalue weighted by atomic mass is 9.89. The molecule has 42 heavy (non-hydrogen) atoms. The first-order chi connectivity index (χ1) is 19.8. The van der Waals surface area contributed by atoms with E-state index in [1.807, 2.05) is 0 Å². The van der Waals surface area contributed by atoms with E-state index in [1.165, 1.54) is 42.7 Å². The van der Waals surface area contributed by atoms with Gasteiger partial charge in [-0.15, -0.1) is 0 Å². The number of carbonyl (C=O) groups excluding carboxylic acids is 1. The maximum atomic E-state index is 13.7. The largest absolute Gasteiger partial charge is 0.455 e. The number of hydrogen-bond acceptors (Lipinski definition) is 6. The van der Waals surface area contributed by atoms with Crippen LogP contribution in [0.5, 0.6) is 0 Å². The molecule has 0 aliphatic carbocycles. The summed E-state index contributed by atoms with van der Waals surface area (Å²) >= 11 is 0. The molecule has 1 aliphatic rings. The molecule has 1 saturated heterocycles. The van der Waals surface area contributed by atoms with Crippen molar-refractivity contribution in [2.24, 2.45) is 0 Å². The molecule has 3 aromatic carbocycles. The number of amides is 1. The van der Waals surface area contributed by atoms with E-state index in [0.29, 0.717) is 47.2 Å². The topological polar surface area (TPSA) is 117 Å². The van der Waals surface area contributed by atoms with Crippen molar-refractivity contribution in [3.63, 3.8) is 0 Å². The Labute approximate surface area is 245 Å². The van der Waals surface area contributed by atoms with Gasteiger partial charge in [-0.2, -0.15) is 4.31 Å². The van der Waals surface area contributed by atoms with Crippen LogP contribution in [-0.2, 0) is 20.0 Å². The van der Waals surface area contributed by atoms with E-state index in [9.17, 15) is 26.0 Å². The second-order valence-electron chi connectivity index (χ2n) is 10.5. The Morgan fingerprint density at radius 1 is 1.07 bits per heavy atom. The smallest absolute Gasteiger partial charge is 0.255 e. The van der Waals surface area contributed by atoms with Crippen molar-refractivity contribution in [1.29, 1.82) is 0 Å². The van der Waals surface area contributed by atoms with Crippen molar-refractivity contribution >= 4 is 42.6 Å². The number of carbonyl (C=O) groups is 1. The zero-order valence-electron chi connectivity index (χ0n) is 23.7. The normalized spacial score (nSPS) is 16.5. The van der Waals surface area contributed by atoms with Crippen LogP contribution in [0.25, 0.3) is 22.3 Å². The fourth-order valence-electron chi connectivity index (χ4n) is 5.48. The van der Waals surface area contributed by atoms with E-state index in [-0.39, 0.29) is 34.3 Å². The van der Waals surface area contributed by atoms with E-state index in [2.05, 4.69) is 5.32 Å². The molecule has 0 unspecified atom stereocenters. The first-order valence-electron chi connectivity index (χ1n) is 13.4. The van der Waals surface area contributed by atoms with Crippen molar-refractivity contribution in [1.82, 2.24) is 9.62 Å². The molecule has 1 atom stereocenters. The van der Waals surface area contributed by atoms with E-state index >= 15 is 0 Å². The molecule has 0 radical (unpaired) electrons. The Morgan fingerprint density at radius 3 is 2.40 bits per heavy atom. The monoisotopic (exact) mass is 613 g/mol. The van der Waals surface area contributed by atoms with Gasteiger partial charge in [0.05, 0.1) is 22.4 Å². The van der Waals surface area contributed by atoms with Gasteiger partial charge in [-0.25, -0.2) is 21.2 Å². The highest BCUT2D eigenvalue weighted by Crippen LogP contribution is 2.42. The van der Waals surface area contributed by atoms with E-state index in [0.717, 1.165) is 10.6 Å². The molecule has 4 aromatic rings. The molecule has 12 heteroatoms. The molecule has 1 aliphatic heterocycles. The SMILES string of the molecule is CNC(=O)c1c(-c2ccc(F)cc2)oc2cc(N(C)S(C)(=O)=O)c([C@@H]3CCCN(S(=O)(=O)c4ccccc4C)C3)cc12. The fraction of sp³-hybridized carbons (Fsp3) is 0.300. The van der Waals surface area contributed by atoms with Crippen molar-refractivity contribution in [3.05, 3.63) is 83.2 Å². The number of hydrogen-bond donors (Lipinski definition) is 1. The Balaban J connectivity index is 1.69. The van der Waals surface area contributed by atoms with Crippen molar-refractivity contribution in [3.8, 4) is 11.3 Å². The van der Waals surface area contributed by atoms with Gasteiger partial charge in [-0.1, -0.05) is 18.2 Å². The van der Waals surface area contributed by atoms with Crippen LogP contribution in [0.1, 0.15) is 40.2 Å². The molecule has 222 valence electrons. The van der Waals surface area contributed by atoms with Gasteiger partial charge in [0.25, 0.3) is 5.91 Å². The maximum absolute atomic E-state index is 13.7. The average Bonchev–Trinajstić information content (AvgIpc) is 3.34. The van der Waals surface area contributed by atoms with Gasteiger partial charge < -0.3 is 9.73 Å². The van der Waals surface area contributed by atoms with Gasteiger partial charge in [0.2, 0.25) is 20.0 Å². The van der Waals surface area contributed by atoms with Crippen LogP contribution in [0.2, 0.25) is 0 Å². The molecule has 1 aromatic heterocycles. The summed E-state index contributed by atoms with van der Waals surface area (Å²) in [6.07, 6.45) is 2.25. The molecule has 0 saturated carbocycles. The zero-order chi connectivity index (χ0) is 30.4. The number of rotatable bonds is 7. The van der Waals surface area contributed by atoms with Gasteiger partial charge in [0, 0.05) is 44.2 Å². The summed E-state index contributed by atoms with van der Waals surface area (Å²) < 4.78 is 75.1. The van der Waals surface area contributed by atoms with Crippen molar-refractivity contribution in [2.45, 2.75) is 30.6 Å². The second kappa shape index (κ2) is 11.2. The molecule has 0 spiro atoms. The molecular formula is C30H32FN3O6S2. The lowest BCUT2D eigenvalue weighted by molar-refractivity contribution is 0.0964. The summed E-state index contributed by atoms with van der Waals surface area (Å²) in [6, 6.07) is 15.6. The Bertz CT molecular complexity index is 1890. The molecular weight excluding hydrogens is 581 g/mol. The molecule has 0 bridgehead atoms. The average molecular weight is 614 g/mol. The van der Waals surface area contributed by atoms with Crippen LogP contribution in [0, 0.1) is 12.7 Å². The van der Waals surface area contributed by atoms with Crippen molar-refractivity contribution < 1.29 is 30.4 Å². The third-order valence-electron chi connectivity index (χ3n) is 7.77. The third kappa shape index (κ3) is 5.41. The molecule has 1 fully saturated rings. The standard InChI is InChI=1S/C30H32FN3O6S2/c1-19-8-5-6-10-27(19)42(38,39)34-15-7-9-21(18-34)23-16-24-26(17-25(23)33(3)41(4,36)37)40-29(28(24)30(35)32-2)20-11-13-22(31)14-12-20/h5-6,8,10-14,16-17,21H,7,9,15,18H2,1-4H3,(H,32,35)/t21-/m1/s1. The summed E-state index contributed by atoms with van der Waals surface area (Å²) in [4.78, 5) is 13.4. The highest BCUT2D eigenvalue weighted by Gasteiger charge is 2.34. The first kappa shape index (κ1) is 29.7. The van der Waals surface area contributed by atoms with E-state index in [1.54, 1.807) is 43.3 Å². The minimum absolute atomic E-state index is 0.130. The maximum Gasteiger partial charge on any atom is 0.255 e. The van der Waals surface area contributed by atoms with Gasteiger partial charge in [0.15, 0.2) is 0 Å². The quantitative estimate of drug-likeness (QED) is 0.318. The van der Waals surface area contributed by atoms with Gasteiger partial charge in [-0.3, -0.25) is 9.10 Å². The van der Waals surface area contributed by atoms with Crippen LogP contribution in [0.3, 0.4) is 0 Å². The Hall–Kier alpha value is -3.74. The van der Waals surface area contributed by atoms with Crippen molar-refractivity contribution in [2.75, 3.05) is 37.7 Å². The fourth-order valence-corrected chi connectivity index (χ4v) is 7.75. The lowest BCUT2D eigenvalue weighted by Crippen LogP contribution is -2.39. The number of sulfonamides is 2. The molecule has 1 N–H and O–H groups in total. The number of halogens is 1. The number of aryl methyl sites for hydroxylation is 1. The molecule has 9 nitrogen and oxygen atoms in total. The predicted molar refractivity (Wildman–Crippen MR) is 160 cm³/mol. The minimum atomic E-state index is -3.81. The number of anilines is 1. The van der Waals surface area contributed by atoms with Gasteiger partial charge in [-0.05, 0) is 73.2 Å². The number of benzene rings is 3. The highest BCUT2D eigenvalue weighted by molar-refractivity contribution is 7.92. The molecule has 5 rings (SSSR count). The summed E-state index contributed by atoms with van der Waals surface area (Å²) in [6.45, 7) is 2.21. The first-order valence-corrected chi connectivity index (χ1v) is 16.7. The number of piperidine rings is 1. The van der Waals surface area contributed by atoms with Gasteiger partial charge in [0.1, 0.15) is 17.2 Å². The number of nitrogens with one attached hydrogen (secondary N) is 1. The summed E-state index contributed by atoms with van der Waals surface area (Å²) in [7, 11) is -4.62. The number of fused-ring (bicyclic) bond motifs is 1. The van der Waals surface area contributed by atoms with E-state index in [4.69, 9.17) is 4.42 Å². The van der Waals surface area contributed by atoms with Crippen LogP contribution in [-0.4, -0.2) is 60.5 Å². The van der Waals surface area contributed by atoms with E-state index < -0.39 is 31.8 Å². The third-order valence-corrected chi connectivity index (χ3v) is 11.0. The van der Waals surface area contributed by atoms with Gasteiger partial charge >= 0.3 is 0 Å². The lowest BCUT2D eigenvalue weighted by Gasteiger charge is -2.34. The summed E-state index contributed by atoms with van der Waals surface area (Å²) in [5.41, 5.74) is 2.50. The van der Waals surface area contributed by atoms with Crippen LogP contribution in [0.15, 0.2) is 70.0 Å². The molecule has 1 amide bonds. The molecule has 2 heterocycles. The summed E-state index contributed by atoms with van der Waals surface area (Å²) in [5, 5.41) is 3.06. The highest BCUT2D eigenvalue weighted by atomic mass is 32.2. The van der Waals surface area contributed by atoms with Crippen LogP contribution < -0.4 is 9.62 Å². The Kier molecular flexibility index (Phi) is 7.90. The summed E-state index contributed by atoms with van der Waals surface area (Å²) in [5.74, 6) is -1.04. The number of nitrogens with zero attached hydrogens (tertiary/aromatic N) is 2. The zero-order valence-corrected chi connectivity index (χ0v) is 25.4. The predicted octanol–water partition coefficient (Wildman–Crippen LogP) is 4.87.